The molecule has 0 fully saturated rings. The van der Waals surface area contributed by atoms with E-state index in [0.717, 1.165) is 81.7 Å². The van der Waals surface area contributed by atoms with Gasteiger partial charge in [-0.1, -0.05) is 97.1 Å². The van der Waals surface area contributed by atoms with Crippen molar-refractivity contribution in [3.8, 4) is 45.5 Å². The summed E-state index contributed by atoms with van der Waals surface area (Å²) in [7, 11) is 1.89. The molecule has 5 aromatic carbocycles. The van der Waals surface area contributed by atoms with Crippen molar-refractivity contribution in [2.75, 3.05) is 7.05 Å². The minimum absolute atomic E-state index is 0.214. The molecule has 0 saturated carbocycles. The number of allylic oxidation sites excluding steroid dienone is 8. The third-order valence-corrected chi connectivity index (χ3v) is 9.54. The molecule has 0 spiro atoms. The van der Waals surface area contributed by atoms with Crippen molar-refractivity contribution in [2.45, 2.75) is 25.7 Å². The van der Waals surface area contributed by atoms with Gasteiger partial charge in [-0.05, 0) is 131 Å². The molecule has 0 bridgehead atoms. The van der Waals surface area contributed by atoms with Gasteiger partial charge in [-0.15, -0.1) is 0 Å². The Morgan fingerprint density at radius 2 is 1.43 bits per heavy atom. The van der Waals surface area contributed by atoms with E-state index < -0.39 is 0 Å². The zero-order valence-corrected chi connectivity index (χ0v) is 28.7. The Morgan fingerprint density at radius 1 is 0.706 bits per heavy atom. The fourth-order valence-corrected chi connectivity index (χ4v) is 6.83. The third kappa shape index (κ3) is 7.57. The van der Waals surface area contributed by atoms with Crippen molar-refractivity contribution in [3.05, 3.63) is 180 Å². The van der Waals surface area contributed by atoms with Crippen LogP contribution in [0, 0.1) is 28.6 Å². The van der Waals surface area contributed by atoms with Gasteiger partial charge in [-0.2, -0.15) is 10.5 Å². The number of nitriles is 2. The van der Waals surface area contributed by atoms with Gasteiger partial charge in [0.25, 0.3) is 0 Å². The van der Waals surface area contributed by atoms with Gasteiger partial charge in [0.1, 0.15) is 5.84 Å². The summed E-state index contributed by atoms with van der Waals surface area (Å²) in [5.74, 6) is 0.935. The molecule has 1 atom stereocenters. The Balaban J connectivity index is 1.45. The molecule has 2 aliphatic rings. The summed E-state index contributed by atoms with van der Waals surface area (Å²) in [6.07, 6.45) is 16.6. The average molecular weight is 659 g/mol. The smallest absolute Gasteiger partial charge is 0.133 e. The lowest BCUT2D eigenvalue weighted by Gasteiger charge is -2.21. The fourth-order valence-electron chi connectivity index (χ4n) is 6.83. The molecule has 5 aromatic rings. The molecule has 0 amide bonds. The van der Waals surface area contributed by atoms with E-state index in [4.69, 9.17) is 4.99 Å². The van der Waals surface area contributed by atoms with Crippen LogP contribution in [0.5, 0.6) is 0 Å². The van der Waals surface area contributed by atoms with Crippen LogP contribution >= 0.6 is 0 Å². The fraction of sp³-hybridized carbons (Fsp3) is 0.128. The second-order valence-corrected chi connectivity index (χ2v) is 12.9. The second-order valence-electron chi connectivity index (χ2n) is 12.9. The van der Waals surface area contributed by atoms with E-state index in [1.807, 2.05) is 49.5 Å². The Labute approximate surface area is 300 Å². The Kier molecular flexibility index (Phi) is 9.96. The molecule has 0 heterocycles. The SMILES string of the molecule is CNC(=Nc1c(CC2C=CC(C#N)=CC2)cc(-c2cccc(C3=CCCC=C3)c2)cc1-c1cccc(-c2ccccc2)c1)c1ccc(C#N)cc1. The first-order valence-corrected chi connectivity index (χ1v) is 17.5. The summed E-state index contributed by atoms with van der Waals surface area (Å²) in [4.78, 5) is 5.42. The van der Waals surface area contributed by atoms with Crippen molar-refractivity contribution in [2.24, 2.45) is 10.9 Å². The number of nitrogens with zero attached hydrogens (tertiary/aromatic N) is 3. The van der Waals surface area contributed by atoms with E-state index in [9.17, 15) is 10.5 Å². The normalized spacial score (nSPS) is 15.4. The summed E-state index contributed by atoms with van der Waals surface area (Å²) >= 11 is 0. The Bertz CT molecular complexity index is 2310. The van der Waals surface area contributed by atoms with E-state index in [1.54, 1.807) is 0 Å². The minimum Gasteiger partial charge on any atom is -0.373 e. The number of rotatable bonds is 8. The van der Waals surface area contributed by atoms with E-state index in [-0.39, 0.29) is 5.92 Å². The first-order valence-electron chi connectivity index (χ1n) is 17.5. The van der Waals surface area contributed by atoms with Gasteiger partial charge in [-0.25, -0.2) is 4.99 Å². The minimum atomic E-state index is 0.214. The maximum absolute atomic E-state index is 9.50. The van der Waals surface area contributed by atoms with Gasteiger partial charge in [-0.3, -0.25) is 0 Å². The van der Waals surface area contributed by atoms with Gasteiger partial charge in [0.2, 0.25) is 0 Å². The van der Waals surface area contributed by atoms with Crippen molar-refractivity contribution in [1.29, 1.82) is 10.5 Å². The number of benzene rings is 5. The summed E-state index contributed by atoms with van der Waals surface area (Å²) < 4.78 is 0. The van der Waals surface area contributed by atoms with Crippen LogP contribution in [-0.4, -0.2) is 12.9 Å². The molecular weight excluding hydrogens is 621 g/mol. The molecule has 7 rings (SSSR count). The monoisotopic (exact) mass is 658 g/mol. The van der Waals surface area contributed by atoms with Crippen LogP contribution < -0.4 is 5.32 Å². The number of amidine groups is 1. The van der Waals surface area contributed by atoms with Crippen LogP contribution in [0.1, 0.15) is 41.5 Å². The number of hydrogen-bond donors (Lipinski definition) is 1. The van der Waals surface area contributed by atoms with Crippen molar-refractivity contribution in [3.63, 3.8) is 0 Å². The maximum Gasteiger partial charge on any atom is 0.133 e. The standard InChI is InChI=1S/C47H38N4/c1-50-47(38-24-22-35(32-49)23-25-38)51-46-44(26-33-18-20-34(31-48)21-19-33)29-43(41-16-8-14-39(27-41)36-10-4-2-5-11-36)30-45(46)42-17-9-15-40(28-42)37-12-6-3-7-13-37/h3-4,6-18,20-25,27-30,33H,2,5,19,26H2,1H3,(H,50,51). The first-order chi connectivity index (χ1) is 25.1. The predicted molar refractivity (Wildman–Crippen MR) is 210 cm³/mol. The highest BCUT2D eigenvalue weighted by atomic mass is 15.0. The molecule has 0 aliphatic heterocycles. The van der Waals surface area contributed by atoms with E-state index in [1.165, 1.54) is 11.1 Å². The van der Waals surface area contributed by atoms with Gasteiger partial charge in [0, 0.05) is 23.7 Å². The number of hydrogen-bond acceptors (Lipinski definition) is 3. The molecular formula is C47H38N4. The van der Waals surface area contributed by atoms with Crippen LogP contribution in [-0.2, 0) is 6.42 Å². The van der Waals surface area contributed by atoms with Crippen LogP contribution in [0.4, 0.5) is 5.69 Å². The Hall–Kier alpha value is -6.49. The molecule has 4 heteroatoms. The summed E-state index contributed by atoms with van der Waals surface area (Å²) in [6.45, 7) is 0. The zero-order valence-electron chi connectivity index (χ0n) is 28.7. The molecule has 4 nitrogen and oxygen atoms in total. The van der Waals surface area contributed by atoms with E-state index >= 15 is 0 Å². The Morgan fingerprint density at radius 3 is 2.12 bits per heavy atom. The molecule has 1 unspecified atom stereocenters. The third-order valence-electron chi connectivity index (χ3n) is 9.54. The number of aliphatic imine (C=N–C) groups is 1. The topological polar surface area (TPSA) is 72.0 Å². The highest BCUT2D eigenvalue weighted by Crippen LogP contribution is 2.42. The van der Waals surface area contributed by atoms with Crippen molar-refractivity contribution >= 4 is 17.1 Å². The highest BCUT2D eigenvalue weighted by Gasteiger charge is 2.20. The molecule has 51 heavy (non-hydrogen) atoms. The zero-order chi connectivity index (χ0) is 35.0. The largest absolute Gasteiger partial charge is 0.373 e. The van der Waals surface area contributed by atoms with Gasteiger partial charge in [0.15, 0.2) is 0 Å². The predicted octanol–water partition coefficient (Wildman–Crippen LogP) is 11.2. The van der Waals surface area contributed by atoms with Crippen LogP contribution in [0.25, 0.3) is 39.0 Å². The van der Waals surface area contributed by atoms with Crippen LogP contribution in [0.3, 0.4) is 0 Å². The lowest BCUT2D eigenvalue weighted by Crippen LogP contribution is -2.19. The molecule has 0 saturated heterocycles. The van der Waals surface area contributed by atoms with Gasteiger partial charge >= 0.3 is 0 Å². The average Bonchev–Trinajstić information content (AvgIpc) is 3.21. The van der Waals surface area contributed by atoms with Gasteiger partial charge < -0.3 is 5.32 Å². The van der Waals surface area contributed by atoms with Crippen LogP contribution in [0.2, 0.25) is 0 Å². The maximum atomic E-state index is 9.50. The lowest BCUT2D eigenvalue weighted by atomic mass is 9.86. The second kappa shape index (κ2) is 15.4. The molecule has 1 N–H and O–H groups in total. The quantitative estimate of drug-likeness (QED) is 0.133. The van der Waals surface area contributed by atoms with Gasteiger partial charge in [0.05, 0.1) is 23.4 Å². The van der Waals surface area contributed by atoms with Crippen molar-refractivity contribution < 1.29 is 0 Å². The van der Waals surface area contributed by atoms with Crippen LogP contribution in [0.15, 0.2) is 162 Å². The van der Waals surface area contributed by atoms with Crippen molar-refractivity contribution in [1.82, 2.24) is 5.32 Å². The molecule has 246 valence electrons. The molecule has 0 aromatic heterocycles. The molecule has 2 aliphatic carbocycles. The summed E-state index contributed by atoms with van der Waals surface area (Å²) in [5, 5.41) is 22.3. The summed E-state index contributed by atoms with van der Waals surface area (Å²) in [5.41, 5.74) is 13.4. The highest BCUT2D eigenvalue weighted by molar-refractivity contribution is 6.02. The molecule has 0 radical (unpaired) electrons. The first kappa shape index (κ1) is 33.0. The van der Waals surface area contributed by atoms with E-state index in [0.29, 0.717) is 11.1 Å². The van der Waals surface area contributed by atoms with E-state index in [2.05, 4.69) is 127 Å². The number of nitrogens with one attached hydrogen (secondary N) is 1. The lowest BCUT2D eigenvalue weighted by molar-refractivity contribution is 0.652. The summed E-state index contributed by atoms with van der Waals surface area (Å²) in [6, 6.07) is 44.6.